The lowest BCUT2D eigenvalue weighted by Gasteiger charge is -2.19. The molecule has 0 atom stereocenters. The number of aromatic nitrogens is 3. The van der Waals surface area contributed by atoms with Crippen LogP contribution in [0.5, 0.6) is 0 Å². The summed E-state index contributed by atoms with van der Waals surface area (Å²) in [5, 5.41) is 0. The van der Waals surface area contributed by atoms with Gasteiger partial charge in [-0.2, -0.15) is 0 Å². The van der Waals surface area contributed by atoms with Gasteiger partial charge in [-0.25, -0.2) is 4.98 Å². The molecule has 4 nitrogen and oxygen atoms in total. The lowest BCUT2D eigenvalue weighted by molar-refractivity contribution is 0.509. The largest absolute Gasteiger partial charge is 0.325 e. The third-order valence-electron chi connectivity index (χ3n) is 3.24. The minimum absolute atomic E-state index is 0.310. The molecular weight excluding hydrogens is 328 g/mol. The van der Waals surface area contributed by atoms with Crippen molar-refractivity contribution in [1.82, 2.24) is 14.4 Å². The van der Waals surface area contributed by atoms with Gasteiger partial charge in [0.1, 0.15) is 5.65 Å². The van der Waals surface area contributed by atoms with Crippen LogP contribution in [0.2, 0.25) is 0 Å². The van der Waals surface area contributed by atoms with Crippen LogP contribution >= 0.6 is 15.9 Å². The van der Waals surface area contributed by atoms with Gasteiger partial charge in [0.2, 0.25) is 0 Å². The van der Waals surface area contributed by atoms with Crippen molar-refractivity contribution in [2.24, 2.45) is 5.73 Å². The smallest absolute Gasteiger partial charge is 0.137 e. The van der Waals surface area contributed by atoms with Crippen LogP contribution in [0.4, 0.5) is 0 Å². The Morgan fingerprint density at radius 1 is 1.29 bits per heavy atom. The molecule has 0 aliphatic rings. The molecule has 0 radical (unpaired) electrons. The number of hydrogen-bond donors (Lipinski definition) is 1. The molecule has 0 aliphatic heterocycles. The summed E-state index contributed by atoms with van der Waals surface area (Å²) < 4.78 is 3.11. The second-order valence-electron chi connectivity index (χ2n) is 5.89. The fourth-order valence-electron chi connectivity index (χ4n) is 2.40. The lowest BCUT2D eigenvalue weighted by Crippen LogP contribution is -2.35. The molecule has 5 heteroatoms. The Bertz CT molecular complexity index is 772. The molecule has 0 unspecified atom stereocenters. The average Bonchev–Trinajstić information content (AvgIpc) is 2.76. The molecule has 0 amide bonds. The first-order valence-electron chi connectivity index (χ1n) is 6.80. The van der Waals surface area contributed by atoms with Gasteiger partial charge in [0, 0.05) is 40.6 Å². The van der Waals surface area contributed by atoms with Gasteiger partial charge in [0.25, 0.3) is 0 Å². The van der Waals surface area contributed by atoms with Crippen molar-refractivity contribution in [3.8, 4) is 11.3 Å². The van der Waals surface area contributed by atoms with E-state index in [9.17, 15) is 0 Å². The second kappa shape index (κ2) is 5.24. The molecule has 21 heavy (non-hydrogen) atoms. The SMILES string of the molecule is CC(C)(N)Cc1c(-c2cccnc2)nc2ccc(Br)cn12. The summed E-state index contributed by atoms with van der Waals surface area (Å²) in [7, 11) is 0. The zero-order valence-corrected chi connectivity index (χ0v) is 13.6. The summed E-state index contributed by atoms with van der Waals surface area (Å²) in [5.41, 5.74) is 9.90. The van der Waals surface area contributed by atoms with Gasteiger partial charge in [-0.3, -0.25) is 4.98 Å². The minimum atomic E-state index is -0.310. The van der Waals surface area contributed by atoms with Crippen LogP contribution in [-0.2, 0) is 6.42 Å². The molecule has 0 fully saturated rings. The van der Waals surface area contributed by atoms with Crippen molar-refractivity contribution < 1.29 is 0 Å². The maximum atomic E-state index is 6.23. The van der Waals surface area contributed by atoms with E-state index in [1.165, 1.54) is 0 Å². The maximum Gasteiger partial charge on any atom is 0.137 e. The predicted molar refractivity (Wildman–Crippen MR) is 88.1 cm³/mol. The Morgan fingerprint density at radius 3 is 2.76 bits per heavy atom. The average molecular weight is 345 g/mol. The standard InChI is InChI=1S/C16H17BrN4/c1-16(2,18)8-13-15(11-4-3-7-19-9-11)20-14-6-5-12(17)10-21(13)14/h3-7,9-10H,8,18H2,1-2H3. The number of nitrogens with zero attached hydrogens (tertiary/aromatic N) is 3. The molecule has 108 valence electrons. The van der Waals surface area contributed by atoms with Gasteiger partial charge >= 0.3 is 0 Å². The highest BCUT2D eigenvalue weighted by Crippen LogP contribution is 2.27. The predicted octanol–water partition coefficient (Wildman–Crippen LogP) is 3.44. The third-order valence-corrected chi connectivity index (χ3v) is 3.71. The Morgan fingerprint density at radius 2 is 2.10 bits per heavy atom. The molecule has 0 saturated carbocycles. The van der Waals surface area contributed by atoms with E-state index in [1.807, 2.05) is 50.5 Å². The van der Waals surface area contributed by atoms with Crippen LogP contribution in [0.25, 0.3) is 16.9 Å². The number of rotatable bonds is 3. The number of halogens is 1. The normalized spacial score (nSPS) is 12.0. The van der Waals surface area contributed by atoms with Crippen LogP contribution in [0.3, 0.4) is 0 Å². The van der Waals surface area contributed by atoms with Gasteiger partial charge in [-0.15, -0.1) is 0 Å². The molecule has 0 saturated heterocycles. The molecule has 3 heterocycles. The number of pyridine rings is 2. The first-order chi connectivity index (χ1) is 9.94. The van der Waals surface area contributed by atoms with Gasteiger partial charge in [0.15, 0.2) is 0 Å². The van der Waals surface area contributed by atoms with E-state index in [2.05, 4.69) is 25.3 Å². The minimum Gasteiger partial charge on any atom is -0.325 e. The number of fused-ring (bicyclic) bond motifs is 1. The highest BCUT2D eigenvalue weighted by Gasteiger charge is 2.20. The van der Waals surface area contributed by atoms with Crippen LogP contribution < -0.4 is 5.73 Å². The van der Waals surface area contributed by atoms with E-state index in [4.69, 9.17) is 10.7 Å². The second-order valence-corrected chi connectivity index (χ2v) is 6.81. The van der Waals surface area contributed by atoms with Crippen LogP contribution in [0.1, 0.15) is 19.5 Å². The van der Waals surface area contributed by atoms with E-state index < -0.39 is 0 Å². The van der Waals surface area contributed by atoms with Gasteiger partial charge in [0.05, 0.1) is 11.4 Å². The van der Waals surface area contributed by atoms with E-state index in [-0.39, 0.29) is 5.54 Å². The molecular formula is C16H17BrN4. The molecule has 2 N–H and O–H groups in total. The van der Waals surface area contributed by atoms with Gasteiger partial charge in [-0.1, -0.05) is 0 Å². The van der Waals surface area contributed by atoms with Crippen LogP contribution in [0.15, 0.2) is 47.3 Å². The molecule has 0 spiro atoms. The molecule has 0 aliphatic carbocycles. The Balaban J connectivity index is 2.25. The summed E-state index contributed by atoms with van der Waals surface area (Å²) in [6.07, 6.45) is 6.37. The summed E-state index contributed by atoms with van der Waals surface area (Å²) in [6, 6.07) is 7.94. The summed E-state index contributed by atoms with van der Waals surface area (Å²) in [5.74, 6) is 0. The molecule has 3 aromatic heterocycles. The van der Waals surface area contributed by atoms with E-state index in [0.717, 1.165) is 33.5 Å². The topological polar surface area (TPSA) is 56.2 Å². The van der Waals surface area contributed by atoms with Crippen molar-refractivity contribution in [2.75, 3.05) is 0 Å². The highest BCUT2D eigenvalue weighted by atomic mass is 79.9. The molecule has 3 aromatic rings. The summed E-state index contributed by atoms with van der Waals surface area (Å²) in [6.45, 7) is 4.05. The number of imidazole rings is 1. The van der Waals surface area contributed by atoms with E-state index >= 15 is 0 Å². The third kappa shape index (κ3) is 2.99. The molecule has 3 rings (SSSR count). The van der Waals surface area contributed by atoms with Gasteiger partial charge in [-0.05, 0) is 54.0 Å². The maximum absolute atomic E-state index is 6.23. The van der Waals surface area contributed by atoms with Crippen molar-refractivity contribution in [2.45, 2.75) is 25.8 Å². The zero-order chi connectivity index (χ0) is 15.0. The quantitative estimate of drug-likeness (QED) is 0.791. The van der Waals surface area contributed by atoms with Crippen molar-refractivity contribution in [1.29, 1.82) is 0 Å². The van der Waals surface area contributed by atoms with Crippen molar-refractivity contribution >= 4 is 21.6 Å². The lowest BCUT2D eigenvalue weighted by atomic mass is 9.97. The fourth-order valence-corrected chi connectivity index (χ4v) is 2.74. The Kier molecular flexibility index (Phi) is 3.55. The first-order valence-corrected chi connectivity index (χ1v) is 7.59. The Hall–Kier alpha value is -1.72. The highest BCUT2D eigenvalue weighted by molar-refractivity contribution is 9.10. The summed E-state index contributed by atoms with van der Waals surface area (Å²) >= 11 is 3.52. The van der Waals surface area contributed by atoms with E-state index in [1.54, 1.807) is 6.20 Å². The van der Waals surface area contributed by atoms with Crippen LogP contribution in [-0.4, -0.2) is 19.9 Å². The molecule has 0 aromatic carbocycles. The number of hydrogen-bond acceptors (Lipinski definition) is 3. The zero-order valence-electron chi connectivity index (χ0n) is 12.0. The first kappa shape index (κ1) is 14.2. The molecule has 0 bridgehead atoms. The summed E-state index contributed by atoms with van der Waals surface area (Å²) in [4.78, 5) is 8.95. The van der Waals surface area contributed by atoms with Crippen LogP contribution in [0, 0.1) is 0 Å². The van der Waals surface area contributed by atoms with Crippen molar-refractivity contribution in [3.63, 3.8) is 0 Å². The monoisotopic (exact) mass is 344 g/mol. The van der Waals surface area contributed by atoms with Gasteiger partial charge < -0.3 is 10.1 Å². The van der Waals surface area contributed by atoms with Crippen molar-refractivity contribution in [3.05, 3.63) is 53.0 Å². The Labute approximate surface area is 132 Å². The van der Waals surface area contributed by atoms with E-state index in [0.29, 0.717) is 0 Å². The number of nitrogens with two attached hydrogens (primary N) is 1. The fraction of sp³-hybridized carbons (Fsp3) is 0.250.